The topological polar surface area (TPSA) is 47.0 Å². The average Bonchev–Trinajstić information content (AvgIpc) is 2.33. The van der Waals surface area contributed by atoms with Gasteiger partial charge in [0.2, 0.25) is 0 Å². The zero-order valence-electron chi connectivity index (χ0n) is 14.7. The molecule has 120 valence electrons. The van der Waals surface area contributed by atoms with Gasteiger partial charge in [0, 0.05) is 18.8 Å². The van der Waals surface area contributed by atoms with E-state index in [4.69, 9.17) is 9.72 Å². The summed E-state index contributed by atoms with van der Waals surface area (Å²) in [5.41, 5.74) is 2.01. The number of aromatic nitrogens is 2. The lowest BCUT2D eigenvalue weighted by Gasteiger charge is -2.29. The molecule has 4 heteroatoms. The Balaban J connectivity index is 2.93. The number of nitrogens with one attached hydrogen (secondary N) is 1. The molecule has 1 aromatic heterocycles. The normalized spacial score (nSPS) is 13.7. The van der Waals surface area contributed by atoms with Gasteiger partial charge in [-0.05, 0) is 37.8 Å². The molecule has 0 amide bonds. The Morgan fingerprint density at radius 1 is 1.24 bits per heavy atom. The van der Waals surface area contributed by atoms with Crippen molar-refractivity contribution < 1.29 is 4.74 Å². The van der Waals surface area contributed by atoms with Crippen molar-refractivity contribution in [3.8, 4) is 0 Å². The van der Waals surface area contributed by atoms with Crippen LogP contribution in [-0.2, 0) is 11.3 Å². The van der Waals surface area contributed by atoms with Crippen LogP contribution in [0.15, 0.2) is 6.07 Å². The van der Waals surface area contributed by atoms with Gasteiger partial charge in [-0.3, -0.25) is 0 Å². The van der Waals surface area contributed by atoms with Gasteiger partial charge in [-0.2, -0.15) is 0 Å². The van der Waals surface area contributed by atoms with Crippen LogP contribution in [0.3, 0.4) is 0 Å². The van der Waals surface area contributed by atoms with Gasteiger partial charge in [-0.1, -0.05) is 34.6 Å². The average molecular weight is 293 g/mol. The molecule has 1 rings (SSSR count). The van der Waals surface area contributed by atoms with Crippen molar-refractivity contribution in [3.63, 3.8) is 0 Å². The molecule has 0 spiro atoms. The van der Waals surface area contributed by atoms with E-state index in [1.54, 1.807) is 0 Å². The fourth-order valence-corrected chi connectivity index (χ4v) is 2.23. The Hall–Kier alpha value is -1.00. The third-order valence-electron chi connectivity index (χ3n) is 3.14. The molecule has 0 radical (unpaired) electrons. The SMILES string of the molecule is CCOC(c1nc(C)cc(CNCC(C)C)n1)C(C)(C)C. The third-order valence-corrected chi connectivity index (χ3v) is 3.14. The highest BCUT2D eigenvalue weighted by molar-refractivity contribution is 5.12. The van der Waals surface area contributed by atoms with E-state index >= 15 is 0 Å². The van der Waals surface area contributed by atoms with Crippen LogP contribution in [0.5, 0.6) is 0 Å². The highest BCUT2D eigenvalue weighted by atomic mass is 16.5. The summed E-state index contributed by atoms with van der Waals surface area (Å²) in [6, 6.07) is 2.04. The fourth-order valence-electron chi connectivity index (χ4n) is 2.23. The quantitative estimate of drug-likeness (QED) is 0.833. The number of hydrogen-bond donors (Lipinski definition) is 1. The van der Waals surface area contributed by atoms with Crippen molar-refractivity contribution in [2.75, 3.05) is 13.2 Å². The molecule has 0 saturated carbocycles. The van der Waals surface area contributed by atoms with Crippen molar-refractivity contribution in [2.45, 2.75) is 61.1 Å². The lowest BCUT2D eigenvalue weighted by molar-refractivity contribution is -0.0193. The van der Waals surface area contributed by atoms with Gasteiger partial charge < -0.3 is 10.1 Å². The Kier molecular flexibility index (Phi) is 6.75. The van der Waals surface area contributed by atoms with Crippen molar-refractivity contribution in [1.82, 2.24) is 15.3 Å². The second-order valence-electron chi connectivity index (χ2n) is 7.09. The van der Waals surface area contributed by atoms with Crippen LogP contribution in [0, 0.1) is 18.3 Å². The monoisotopic (exact) mass is 293 g/mol. The van der Waals surface area contributed by atoms with Gasteiger partial charge in [-0.25, -0.2) is 9.97 Å². The summed E-state index contributed by atoms with van der Waals surface area (Å²) in [7, 11) is 0. The maximum atomic E-state index is 5.90. The molecule has 21 heavy (non-hydrogen) atoms. The van der Waals surface area contributed by atoms with E-state index in [0.717, 1.165) is 30.3 Å². The van der Waals surface area contributed by atoms with Crippen molar-refractivity contribution in [2.24, 2.45) is 11.3 Å². The molecule has 0 aliphatic carbocycles. The largest absolute Gasteiger partial charge is 0.370 e. The highest BCUT2D eigenvalue weighted by Crippen LogP contribution is 2.34. The molecule has 0 aliphatic rings. The maximum absolute atomic E-state index is 5.90. The molecule has 1 atom stereocenters. The van der Waals surface area contributed by atoms with Crippen LogP contribution in [0.25, 0.3) is 0 Å². The molecular formula is C17H31N3O. The van der Waals surface area contributed by atoms with Crippen LogP contribution in [0.4, 0.5) is 0 Å². The van der Waals surface area contributed by atoms with Gasteiger partial charge in [0.05, 0.1) is 5.69 Å². The van der Waals surface area contributed by atoms with Crippen LogP contribution in [-0.4, -0.2) is 23.1 Å². The first-order valence-corrected chi connectivity index (χ1v) is 7.90. The lowest BCUT2D eigenvalue weighted by Crippen LogP contribution is -2.25. The molecule has 1 aromatic rings. The first-order valence-electron chi connectivity index (χ1n) is 7.90. The van der Waals surface area contributed by atoms with E-state index in [9.17, 15) is 0 Å². The Labute approximate surface area is 129 Å². The molecule has 4 nitrogen and oxygen atoms in total. The van der Waals surface area contributed by atoms with Crippen LogP contribution >= 0.6 is 0 Å². The summed E-state index contributed by atoms with van der Waals surface area (Å²) < 4.78 is 5.90. The van der Waals surface area contributed by atoms with Crippen LogP contribution in [0.1, 0.15) is 64.9 Å². The Morgan fingerprint density at radius 2 is 1.90 bits per heavy atom. The van der Waals surface area contributed by atoms with E-state index in [-0.39, 0.29) is 11.5 Å². The smallest absolute Gasteiger partial charge is 0.158 e. The molecule has 0 bridgehead atoms. The van der Waals surface area contributed by atoms with E-state index < -0.39 is 0 Å². The number of nitrogens with zero attached hydrogens (tertiary/aromatic N) is 2. The van der Waals surface area contributed by atoms with Crippen LogP contribution < -0.4 is 5.32 Å². The second kappa shape index (κ2) is 7.85. The summed E-state index contributed by atoms with van der Waals surface area (Å²) in [6.07, 6.45) is -0.0775. The van der Waals surface area contributed by atoms with Gasteiger partial charge in [0.15, 0.2) is 5.82 Å². The number of aryl methyl sites for hydroxylation is 1. The summed E-state index contributed by atoms with van der Waals surface area (Å²) in [6.45, 7) is 17.4. The Bertz CT molecular complexity index is 438. The first kappa shape index (κ1) is 18.1. The number of ether oxygens (including phenoxy) is 1. The van der Waals surface area contributed by atoms with Crippen molar-refractivity contribution in [3.05, 3.63) is 23.3 Å². The predicted octanol–water partition coefficient (Wildman–Crippen LogP) is 3.65. The van der Waals surface area contributed by atoms with Crippen molar-refractivity contribution in [1.29, 1.82) is 0 Å². The molecular weight excluding hydrogens is 262 g/mol. The van der Waals surface area contributed by atoms with Crippen molar-refractivity contribution >= 4 is 0 Å². The minimum Gasteiger partial charge on any atom is -0.370 e. The fraction of sp³-hybridized carbons (Fsp3) is 0.765. The maximum Gasteiger partial charge on any atom is 0.158 e. The zero-order valence-corrected chi connectivity index (χ0v) is 14.7. The standard InChI is InChI=1S/C17H31N3O/c1-8-21-15(17(5,6)7)16-19-13(4)9-14(20-16)11-18-10-12(2)3/h9,12,15,18H,8,10-11H2,1-7H3. The van der Waals surface area contributed by atoms with Crippen LogP contribution in [0.2, 0.25) is 0 Å². The van der Waals surface area contributed by atoms with E-state index in [1.807, 2.05) is 19.9 Å². The summed E-state index contributed by atoms with van der Waals surface area (Å²) in [5.74, 6) is 1.43. The lowest BCUT2D eigenvalue weighted by atomic mass is 9.88. The van der Waals surface area contributed by atoms with Gasteiger partial charge in [-0.15, -0.1) is 0 Å². The molecule has 1 unspecified atom stereocenters. The minimum absolute atomic E-state index is 0.0214. The molecule has 0 fully saturated rings. The second-order valence-corrected chi connectivity index (χ2v) is 7.09. The number of hydrogen-bond acceptors (Lipinski definition) is 4. The molecule has 0 aromatic carbocycles. The van der Waals surface area contributed by atoms with Gasteiger partial charge >= 0.3 is 0 Å². The first-order chi connectivity index (χ1) is 9.74. The predicted molar refractivity (Wildman–Crippen MR) is 87.1 cm³/mol. The molecule has 1 N–H and O–H groups in total. The molecule has 0 aliphatic heterocycles. The van der Waals surface area contributed by atoms with E-state index in [0.29, 0.717) is 12.5 Å². The zero-order chi connectivity index (χ0) is 16.0. The third kappa shape index (κ3) is 6.10. The molecule has 1 heterocycles. The van der Waals surface area contributed by atoms with Gasteiger partial charge in [0.1, 0.15) is 6.10 Å². The summed E-state index contributed by atoms with van der Waals surface area (Å²) in [5, 5.41) is 3.43. The molecule has 0 saturated heterocycles. The highest BCUT2D eigenvalue weighted by Gasteiger charge is 2.29. The van der Waals surface area contributed by atoms with E-state index in [2.05, 4.69) is 44.9 Å². The summed E-state index contributed by atoms with van der Waals surface area (Å²) >= 11 is 0. The Morgan fingerprint density at radius 3 is 2.43 bits per heavy atom. The van der Waals surface area contributed by atoms with E-state index in [1.165, 1.54) is 0 Å². The summed E-state index contributed by atoms with van der Waals surface area (Å²) in [4.78, 5) is 9.32. The number of rotatable bonds is 7. The van der Waals surface area contributed by atoms with Gasteiger partial charge in [0.25, 0.3) is 0 Å². The minimum atomic E-state index is -0.0775.